The third kappa shape index (κ3) is 2.44. The van der Waals surface area contributed by atoms with Crippen LogP contribution in [0.15, 0.2) is 54.7 Å². The lowest BCUT2D eigenvalue weighted by atomic mass is 9.75. The number of ether oxygens (including phenoxy) is 1. The van der Waals surface area contributed by atoms with Crippen LogP contribution < -0.4 is 9.30 Å². The van der Waals surface area contributed by atoms with Gasteiger partial charge in [0.05, 0.1) is 5.56 Å². The maximum absolute atomic E-state index is 6.29. The summed E-state index contributed by atoms with van der Waals surface area (Å²) in [4.78, 5) is 0. The highest BCUT2D eigenvalue weighted by Gasteiger charge is 2.35. The van der Waals surface area contributed by atoms with Gasteiger partial charge in [-0.3, -0.25) is 0 Å². The Morgan fingerprint density at radius 1 is 0.880 bits per heavy atom. The second-order valence-corrected chi connectivity index (χ2v) is 7.59. The van der Waals surface area contributed by atoms with Crippen molar-refractivity contribution < 1.29 is 9.30 Å². The highest BCUT2D eigenvalue weighted by Crippen LogP contribution is 2.49. The van der Waals surface area contributed by atoms with Gasteiger partial charge >= 0.3 is 0 Å². The summed E-state index contributed by atoms with van der Waals surface area (Å²) in [6.45, 7) is 8.87. The predicted octanol–water partition coefficient (Wildman–Crippen LogP) is 5.23. The van der Waals surface area contributed by atoms with Gasteiger partial charge < -0.3 is 4.74 Å². The molecule has 0 unspecified atom stereocenters. The Kier molecular flexibility index (Phi) is 3.47. The number of fused-ring (bicyclic) bond motifs is 2. The normalized spacial score (nSPS) is 14.4. The van der Waals surface area contributed by atoms with Crippen LogP contribution in [0.1, 0.15) is 36.1 Å². The van der Waals surface area contributed by atoms with E-state index < -0.39 is 0 Å². The largest absolute Gasteiger partial charge is 0.457 e. The van der Waals surface area contributed by atoms with Crippen LogP contribution in [0.4, 0.5) is 0 Å². The molecule has 0 radical (unpaired) electrons. The third-order valence-electron chi connectivity index (χ3n) is 5.36. The van der Waals surface area contributed by atoms with Gasteiger partial charge in [-0.2, -0.15) is 0 Å². The van der Waals surface area contributed by atoms with Crippen molar-refractivity contribution in [3.05, 3.63) is 77.0 Å². The molecule has 0 amide bonds. The van der Waals surface area contributed by atoms with E-state index in [4.69, 9.17) is 4.74 Å². The summed E-state index contributed by atoms with van der Waals surface area (Å²) in [5.74, 6) is 1.93. The number of nitrogens with zero attached hydrogens (tertiary/aromatic N) is 1. The Morgan fingerprint density at radius 3 is 2.44 bits per heavy atom. The molecule has 2 heterocycles. The lowest BCUT2D eigenvalue weighted by Gasteiger charge is -2.35. The number of aryl methyl sites for hydroxylation is 3. The molecular weight excluding hydrogens is 306 g/mol. The molecule has 25 heavy (non-hydrogen) atoms. The highest BCUT2D eigenvalue weighted by atomic mass is 16.5. The van der Waals surface area contributed by atoms with Crippen molar-refractivity contribution in [2.45, 2.75) is 33.1 Å². The molecule has 2 aromatic carbocycles. The van der Waals surface area contributed by atoms with E-state index in [-0.39, 0.29) is 5.41 Å². The van der Waals surface area contributed by atoms with Crippen LogP contribution in [0.25, 0.3) is 11.3 Å². The molecular formula is C23H24NO+. The van der Waals surface area contributed by atoms with Crippen LogP contribution in [0, 0.1) is 13.8 Å². The summed E-state index contributed by atoms with van der Waals surface area (Å²) >= 11 is 0. The van der Waals surface area contributed by atoms with Crippen molar-refractivity contribution in [3.8, 4) is 22.8 Å². The predicted molar refractivity (Wildman–Crippen MR) is 101 cm³/mol. The van der Waals surface area contributed by atoms with Crippen LogP contribution in [0.2, 0.25) is 0 Å². The van der Waals surface area contributed by atoms with Gasteiger partial charge in [-0.25, -0.2) is 4.57 Å². The molecule has 0 saturated carbocycles. The zero-order valence-electron chi connectivity index (χ0n) is 15.6. The molecule has 4 rings (SSSR count). The van der Waals surface area contributed by atoms with Gasteiger partial charge in [-0.1, -0.05) is 38.1 Å². The molecule has 1 aliphatic rings. The Labute approximate surface area is 149 Å². The van der Waals surface area contributed by atoms with E-state index in [9.17, 15) is 0 Å². The first-order valence-corrected chi connectivity index (χ1v) is 8.77. The number of benzene rings is 2. The summed E-state index contributed by atoms with van der Waals surface area (Å²) in [5.41, 5.74) is 7.40. The van der Waals surface area contributed by atoms with Gasteiger partial charge in [0.1, 0.15) is 18.5 Å². The molecule has 0 saturated heterocycles. The maximum Gasteiger partial charge on any atom is 0.212 e. The van der Waals surface area contributed by atoms with Crippen LogP contribution >= 0.6 is 0 Å². The summed E-state index contributed by atoms with van der Waals surface area (Å²) in [7, 11) is 2.09. The summed E-state index contributed by atoms with van der Waals surface area (Å²) in [5, 5.41) is 0. The Hall–Kier alpha value is -2.61. The SMILES string of the molecule is Cc1cc[n+](C)c(-c2cc3c(cc2C)C(C)(C)c2ccccc2O3)c1. The minimum atomic E-state index is -0.0672. The number of para-hydroxylation sites is 1. The van der Waals surface area contributed by atoms with Crippen molar-refractivity contribution in [2.24, 2.45) is 7.05 Å². The Bertz CT molecular complexity index is 985. The van der Waals surface area contributed by atoms with Gasteiger partial charge in [0.25, 0.3) is 0 Å². The van der Waals surface area contributed by atoms with Gasteiger partial charge in [-0.05, 0) is 37.1 Å². The number of hydrogen-bond acceptors (Lipinski definition) is 1. The minimum Gasteiger partial charge on any atom is -0.457 e. The maximum atomic E-state index is 6.29. The molecule has 2 heteroatoms. The molecule has 0 aliphatic carbocycles. The molecule has 0 spiro atoms. The van der Waals surface area contributed by atoms with Gasteiger partial charge in [0, 0.05) is 28.7 Å². The molecule has 1 aliphatic heterocycles. The lowest BCUT2D eigenvalue weighted by molar-refractivity contribution is -0.660. The molecule has 0 fully saturated rings. The molecule has 0 bridgehead atoms. The molecule has 2 nitrogen and oxygen atoms in total. The van der Waals surface area contributed by atoms with E-state index in [2.05, 4.69) is 88.0 Å². The molecule has 1 aromatic heterocycles. The summed E-state index contributed by atoms with van der Waals surface area (Å²) < 4.78 is 8.46. The lowest BCUT2D eigenvalue weighted by Crippen LogP contribution is -2.31. The van der Waals surface area contributed by atoms with Crippen molar-refractivity contribution >= 4 is 0 Å². The molecule has 0 atom stereocenters. The van der Waals surface area contributed by atoms with Crippen molar-refractivity contribution in [2.75, 3.05) is 0 Å². The van der Waals surface area contributed by atoms with E-state index >= 15 is 0 Å². The topological polar surface area (TPSA) is 13.1 Å². The van der Waals surface area contributed by atoms with Crippen molar-refractivity contribution in [1.82, 2.24) is 0 Å². The second kappa shape index (κ2) is 5.45. The van der Waals surface area contributed by atoms with Crippen molar-refractivity contribution in [3.63, 3.8) is 0 Å². The quantitative estimate of drug-likeness (QED) is 0.557. The first-order chi connectivity index (χ1) is 11.9. The average molecular weight is 330 g/mol. The number of hydrogen-bond donors (Lipinski definition) is 0. The van der Waals surface area contributed by atoms with Crippen LogP contribution in [0.5, 0.6) is 11.5 Å². The van der Waals surface area contributed by atoms with Crippen LogP contribution in [-0.2, 0) is 12.5 Å². The summed E-state index contributed by atoms with van der Waals surface area (Å²) in [6, 6.07) is 17.2. The van der Waals surface area contributed by atoms with Crippen LogP contribution in [0.3, 0.4) is 0 Å². The van der Waals surface area contributed by atoms with Crippen LogP contribution in [-0.4, -0.2) is 0 Å². The van der Waals surface area contributed by atoms with E-state index in [1.807, 2.05) is 6.07 Å². The van der Waals surface area contributed by atoms with Crippen molar-refractivity contribution in [1.29, 1.82) is 0 Å². The fourth-order valence-electron chi connectivity index (χ4n) is 3.82. The standard InChI is InChI=1S/C23H24NO/c1-15-10-11-24(5)20(12-15)17-14-22-19(13-16(17)2)23(3,4)18-8-6-7-9-21(18)25-22/h6-14H,1-5H3/q+1. The number of rotatable bonds is 1. The summed E-state index contributed by atoms with van der Waals surface area (Å²) in [6.07, 6.45) is 2.11. The highest BCUT2D eigenvalue weighted by molar-refractivity contribution is 5.69. The fraction of sp³-hybridized carbons (Fsp3) is 0.261. The van der Waals surface area contributed by atoms with E-state index in [1.165, 1.54) is 33.5 Å². The second-order valence-electron chi connectivity index (χ2n) is 7.59. The third-order valence-corrected chi connectivity index (χ3v) is 5.36. The zero-order chi connectivity index (χ0) is 17.8. The van der Waals surface area contributed by atoms with Gasteiger partial charge in [0.2, 0.25) is 5.69 Å². The first-order valence-electron chi connectivity index (χ1n) is 8.77. The Morgan fingerprint density at radius 2 is 1.64 bits per heavy atom. The van der Waals surface area contributed by atoms with E-state index in [0.29, 0.717) is 0 Å². The average Bonchev–Trinajstić information content (AvgIpc) is 2.58. The number of aromatic nitrogens is 1. The monoisotopic (exact) mass is 330 g/mol. The zero-order valence-corrected chi connectivity index (χ0v) is 15.6. The number of pyridine rings is 1. The Balaban J connectivity index is 1.93. The van der Waals surface area contributed by atoms with Gasteiger partial charge in [0.15, 0.2) is 6.20 Å². The van der Waals surface area contributed by atoms with E-state index in [0.717, 1.165) is 11.5 Å². The van der Waals surface area contributed by atoms with Gasteiger partial charge in [-0.15, -0.1) is 0 Å². The first kappa shape index (κ1) is 15.9. The minimum absolute atomic E-state index is 0.0672. The molecule has 0 N–H and O–H groups in total. The molecule has 126 valence electrons. The van der Waals surface area contributed by atoms with E-state index in [1.54, 1.807) is 0 Å². The smallest absolute Gasteiger partial charge is 0.212 e. The fourth-order valence-corrected chi connectivity index (χ4v) is 3.82. The molecule has 3 aromatic rings.